The Labute approximate surface area is 185 Å². The summed E-state index contributed by atoms with van der Waals surface area (Å²) in [5.74, 6) is -1.38. The number of amides is 3. The van der Waals surface area contributed by atoms with Crippen LogP contribution in [0.15, 0.2) is 42.5 Å². The zero-order chi connectivity index (χ0) is 23.1. The first-order valence-electron chi connectivity index (χ1n) is 10.3. The minimum atomic E-state index is -0.805. The highest BCUT2D eigenvalue weighted by atomic mass is 19.1. The van der Waals surface area contributed by atoms with Crippen molar-refractivity contribution in [3.8, 4) is 11.5 Å². The summed E-state index contributed by atoms with van der Waals surface area (Å²) in [6.45, 7) is 1.24. The molecule has 0 aromatic heterocycles. The van der Waals surface area contributed by atoms with E-state index in [0.29, 0.717) is 49.7 Å². The number of piperidine rings is 1. The molecular formula is C23H26FN3O5. The van der Waals surface area contributed by atoms with Gasteiger partial charge in [0, 0.05) is 25.7 Å². The Morgan fingerprint density at radius 3 is 2.41 bits per heavy atom. The van der Waals surface area contributed by atoms with E-state index in [1.807, 2.05) is 0 Å². The average molecular weight is 443 g/mol. The molecule has 0 aliphatic carbocycles. The van der Waals surface area contributed by atoms with E-state index in [1.165, 1.54) is 26.4 Å². The second kappa shape index (κ2) is 10.6. The van der Waals surface area contributed by atoms with Crippen LogP contribution in [0.25, 0.3) is 0 Å². The number of nitrogens with zero attached hydrogens (tertiary/aromatic N) is 1. The SMILES string of the molecule is COc1ccc(NC(=O)C(=O)NCC2CCN(C(=O)c3ccccc3F)CC2)c(OC)c1. The predicted molar refractivity (Wildman–Crippen MR) is 116 cm³/mol. The lowest BCUT2D eigenvalue weighted by Crippen LogP contribution is -2.43. The normalized spacial score (nSPS) is 13.9. The van der Waals surface area contributed by atoms with E-state index in [0.717, 1.165) is 0 Å². The molecule has 8 nitrogen and oxygen atoms in total. The molecule has 0 radical (unpaired) electrons. The fourth-order valence-corrected chi connectivity index (χ4v) is 3.54. The van der Waals surface area contributed by atoms with Crippen LogP contribution in [-0.2, 0) is 9.59 Å². The maximum absolute atomic E-state index is 13.9. The van der Waals surface area contributed by atoms with Crippen LogP contribution in [-0.4, -0.2) is 56.5 Å². The summed E-state index contributed by atoms with van der Waals surface area (Å²) >= 11 is 0. The molecule has 32 heavy (non-hydrogen) atoms. The maximum Gasteiger partial charge on any atom is 0.313 e. The fraction of sp³-hybridized carbons (Fsp3) is 0.348. The van der Waals surface area contributed by atoms with Gasteiger partial charge in [0.1, 0.15) is 17.3 Å². The summed E-state index contributed by atoms with van der Waals surface area (Å²) in [6.07, 6.45) is 1.29. The van der Waals surface area contributed by atoms with Crippen LogP contribution < -0.4 is 20.1 Å². The van der Waals surface area contributed by atoms with E-state index in [1.54, 1.807) is 35.2 Å². The van der Waals surface area contributed by atoms with Crippen LogP contribution in [0.2, 0.25) is 0 Å². The van der Waals surface area contributed by atoms with Crippen molar-refractivity contribution >= 4 is 23.4 Å². The van der Waals surface area contributed by atoms with Gasteiger partial charge >= 0.3 is 11.8 Å². The molecule has 0 atom stereocenters. The molecule has 3 rings (SSSR count). The van der Waals surface area contributed by atoms with Crippen LogP contribution in [0.3, 0.4) is 0 Å². The van der Waals surface area contributed by atoms with Crippen molar-refractivity contribution in [2.45, 2.75) is 12.8 Å². The maximum atomic E-state index is 13.9. The first-order chi connectivity index (χ1) is 15.4. The topological polar surface area (TPSA) is 97.0 Å². The van der Waals surface area contributed by atoms with Gasteiger partial charge in [-0.3, -0.25) is 14.4 Å². The second-order valence-corrected chi connectivity index (χ2v) is 7.45. The van der Waals surface area contributed by atoms with Crippen molar-refractivity contribution in [2.24, 2.45) is 5.92 Å². The molecule has 170 valence electrons. The fourth-order valence-electron chi connectivity index (χ4n) is 3.54. The summed E-state index contributed by atoms with van der Waals surface area (Å²) < 4.78 is 24.2. The van der Waals surface area contributed by atoms with E-state index in [9.17, 15) is 18.8 Å². The van der Waals surface area contributed by atoms with Crippen LogP contribution in [0.4, 0.5) is 10.1 Å². The van der Waals surface area contributed by atoms with Crippen molar-refractivity contribution in [3.05, 3.63) is 53.8 Å². The molecule has 2 N–H and O–H groups in total. The number of rotatable bonds is 6. The number of ether oxygens (including phenoxy) is 2. The van der Waals surface area contributed by atoms with Crippen LogP contribution >= 0.6 is 0 Å². The minimum Gasteiger partial charge on any atom is -0.497 e. The highest BCUT2D eigenvalue weighted by Gasteiger charge is 2.26. The molecule has 9 heteroatoms. The Hall–Kier alpha value is -3.62. The lowest BCUT2D eigenvalue weighted by atomic mass is 9.96. The van der Waals surface area contributed by atoms with Gasteiger partial charge in [-0.25, -0.2) is 4.39 Å². The number of hydrogen-bond acceptors (Lipinski definition) is 5. The van der Waals surface area contributed by atoms with Crippen molar-refractivity contribution < 1.29 is 28.2 Å². The Balaban J connectivity index is 1.46. The first-order valence-corrected chi connectivity index (χ1v) is 10.3. The van der Waals surface area contributed by atoms with Gasteiger partial charge in [-0.2, -0.15) is 0 Å². The third kappa shape index (κ3) is 5.54. The zero-order valence-corrected chi connectivity index (χ0v) is 18.0. The largest absolute Gasteiger partial charge is 0.497 e. The summed E-state index contributed by atoms with van der Waals surface area (Å²) in [7, 11) is 2.97. The van der Waals surface area contributed by atoms with E-state index in [-0.39, 0.29) is 17.4 Å². The Morgan fingerprint density at radius 1 is 1.03 bits per heavy atom. The van der Waals surface area contributed by atoms with E-state index >= 15 is 0 Å². The average Bonchev–Trinajstić information content (AvgIpc) is 2.82. The third-order valence-electron chi connectivity index (χ3n) is 5.42. The minimum absolute atomic E-state index is 0.0601. The lowest BCUT2D eigenvalue weighted by Gasteiger charge is -2.32. The molecule has 2 aromatic carbocycles. The van der Waals surface area contributed by atoms with Crippen molar-refractivity contribution in [1.82, 2.24) is 10.2 Å². The number of benzene rings is 2. The van der Waals surface area contributed by atoms with Gasteiger partial charge in [-0.15, -0.1) is 0 Å². The van der Waals surface area contributed by atoms with Gasteiger partial charge < -0.3 is 25.0 Å². The van der Waals surface area contributed by atoms with E-state index in [2.05, 4.69) is 10.6 Å². The monoisotopic (exact) mass is 443 g/mol. The highest BCUT2D eigenvalue weighted by Crippen LogP contribution is 2.29. The Bertz CT molecular complexity index is 989. The predicted octanol–water partition coefficient (Wildman–Crippen LogP) is 2.45. The second-order valence-electron chi connectivity index (χ2n) is 7.45. The quantitative estimate of drug-likeness (QED) is 0.669. The third-order valence-corrected chi connectivity index (χ3v) is 5.42. The zero-order valence-electron chi connectivity index (χ0n) is 18.0. The molecule has 1 saturated heterocycles. The molecule has 1 fully saturated rings. The van der Waals surface area contributed by atoms with Crippen LogP contribution in [0, 0.1) is 11.7 Å². The van der Waals surface area contributed by atoms with Crippen molar-refractivity contribution in [3.63, 3.8) is 0 Å². The number of hydrogen-bond donors (Lipinski definition) is 2. The number of likely N-dealkylation sites (tertiary alicyclic amines) is 1. The molecule has 0 saturated carbocycles. The molecule has 0 bridgehead atoms. The standard InChI is InChI=1S/C23H26FN3O5/c1-31-16-7-8-19(20(13-16)32-2)26-22(29)21(28)25-14-15-9-11-27(12-10-15)23(30)17-5-3-4-6-18(17)24/h3-8,13,15H,9-12,14H2,1-2H3,(H,25,28)(H,26,29). The van der Waals surface area contributed by atoms with Crippen molar-refractivity contribution in [2.75, 3.05) is 39.2 Å². The number of carbonyl (C=O) groups excluding carboxylic acids is 3. The summed E-state index contributed by atoms with van der Waals surface area (Å²) in [5.41, 5.74) is 0.415. The number of nitrogens with one attached hydrogen (secondary N) is 2. The highest BCUT2D eigenvalue weighted by molar-refractivity contribution is 6.39. The molecule has 3 amide bonds. The summed E-state index contributed by atoms with van der Waals surface area (Å²) in [5, 5.41) is 5.16. The Kier molecular flexibility index (Phi) is 7.64. The molecule has 1 heterocycles. The molecule has 2 aromatic rings. The van der Waals surface area contributed by atoms with Gasteiger partial charge in [0.05, 0.1) is 25.5 Å². The summed E-state index contributed by atoms with van der Waals surface area (Å²) in [4.78, 5) is 38.6. The van der Waals surface area contributed by atoms with Gasteiger partial charge in [0.15, 0.2) is 0 Å². The number of halogens is 1. The first kappa shape index (κ1) is 23.1. The molecular weight excluding hydrogens is 417 g/mol. The smallest absolute Gasteiger partial charge is 0.313 e. The van der Waals surface area contributed by atoms with Gasteiger partial charge in [0.25, 0.3) is 5.91 Å². The van der Waals surface area contributed by atoms with E-state index in [4.69, 9.17) is 9.47 Å². The molecule has 0 spiro atoms. The Morgan fingerprint density at radius 2 is 1.75 bits per heavy atom. The summed E-state index contributed by atoms with van der Waals surface area (Å²) in [6, 6.07) is 10.7. The van der Waals surface area contributed by atoms with Gasteiger partial charge in [0.2, 0.25) is 0 Å². The van der Waals surface area contributed by atoms with Gasteiger partial charge in [-0.1, -0.05) is 12.1 Å². The lowest BCUT2D eigenvalue weighted by molar-refractivity contribution is -0.136. The van der Waals surface area contributed by atoms with Gasteiger partial charge in [-0.05, 0) is 43.0 Å². The van der Waals surface area contributed by atoms with Crippen LogP contribution in [0.1, 0.15) is 23.2 Å². The molecule has 0 unspecified atom stereocenters. The molecule has 1 aliphatic rings. The number of methoxy groups -OCH3 is 2. The van der Waals surface area contributed by atoms with E-state index < -0.39 is 17.6 Å². The van der Waals surface area contributed by atoms with Crippen LogP contribution in [0.5, 0.6) is 11.5 Å². The number of anilines is 1. The van der Waals surface area contributed by atoms with Crippen molar-refractivity contribution in [1.29, 1.82) is 0 Å². The molecule has 1 aliphatic heterocycles. The number of carbonyl (C=O) groups is 3.